The summed E-state index contributed by atoms with van der Waals surface area (Å²) in [6, 6.07) is 8.75. The molecule has 1 N–H and O–H groups in total. The van der Waals surface area contributed by atoms with Crippen LogP contribution in [-0.4, -0.2) is 36.5 Å². The maximum atomic E-state index is 12.4. The van der Waals surface area contributed by atoms with E-state index in [-0.39, 0.29) is 17.4 Å². The number of hydrogen-bond donors (Lipinski definition) is 1. The Kier molecular flexibility index (Phi) is 3.95. The van der Waals surface area contributed by atoms with Crippen molar-refractivity contribution in [2.45, 2.75) is 24.4 Å². The van der Waals surface area contributed by atoms with E-state index in [1.807, 2.05) is 30.3 Å². The van der Waals surface area contributed by atoms with E-state index >= 15 is 0 Å². The van der Waals surface area contributed by atoms with E-state index in [1.165, 1.54) is 6.20 Å². The second-order valence-corrected chi connectivity index (χ2v) is 7.26. The molecule has 3 rings (SSSR count). The molecule has 0 saturated carbocycles. The van der Waals surface area contributed by atoms with Gasteiger partial charge in [-0.25, -0.2) is 18.1 Å². The number of rotatable bonds is 4. The summed E-state index contributed by atoms with van der Waals surface area (Å²) in [6.45, 7) is 2.04. The molecule has 122 valence electrons. The largest absolute Gasteiger partial charge is 0.337 e. The number of nitrogens with zero attached hydrogens (tertiary/aromatic N) is 3. The van der Waals surface area contributed by atoms with E-state index in [1.54, 1.807) is 23.4 Å². The number of anilines is 1. The smallest absolute Gasteiger partial charge is 0.259 e. The first-order valence-electron chi connectivity index (χ1n) is 7.24. The molecule has 8 heteroatoms. The number of carbonyl (C=O) groups is 1. The average molecular weight is 334 g/mol. The highest BCUT2D eigenvalue weighted by Crippen LogP contribution is 2.22. The predicted molar refractivity (Wildman–Crippen MR) is 85.5 cm³/mol. The quantitative estimate of drug-likeness (QED) is 0.897. The molecule has 1 aliphatic heterocycles. The summed E-state index contributed by atoms with van der Waals surface area (Å²) < 4.78 is 29.0. The molecule has 1 fully saturated rings. The molecule has 0 radical (unpaired) electrons. The summed E-state index contributed by atoms with van der Waals surface area (Å²) in [5, 5.41) is -0.0249. The van der Waals surface area contributed by atoms with E-state index in [4.69, 9.17) is 0 Å². The van der Waals surface area contributed by atoms with Gasteiger partial charge < -0.3 is 9.47 Å². The van der Waals surface area contributed by atoms with E-state index in [2.05, 4.69) is 9.71 Å². The van der Waals surface area contributed by atoms with Crippen molar-refractivity contribution in [1.82, 2.24) is 14.3 Å². The van der Waals surface area contributed by atoms with Gasteiger partial charge in [-0.3, -0.25) is 4.79 Å². The fourth-order valence-electron chi connectivity index (χ4n) is 2.58. The van der Waals surface area contributed by atoms with Gasteiger partial charge in [-0.05, 0) is 19.1 Å². The Morgan fingerprint density at radius 2 is 1.96 bits per heavy atom. The monoisotopic (exact) mass is 334 g/mol. The van der Waals surface area contributed by atoms with Gasteiger partial charge in [0.25, 0.3) is 10.0 Å². The zero-order valence-electron chi connectivity index (χ0n) is 12.9. The number of nitrogens with one attached hydrogen (secondary N) is 1. The highest BCUT2D eigenvalue weighted by atomic mass is 32.2. The Balaban J connectivity index is 1.75. The minimum atomic E-state index is -3.74. The van der Waals surface area contributed by atoms with Crippen LogP contribution in [0.1, 0.15) is 12.2 Å². The van der Waals surface area contributed by atoms with Crippen molar-refractivity contribution >= 4 is 21.6 Å². The molecule has 0 bridgehead atoms. The van der Waals surface area contributed by atoms with E-state index < -0.39 is 16.1 Å². The molecule has 1 saturated heterocycles. The lowest BCUT2D eigenvalue weighted by Crippen LogP contribution is -2.37. The van der Waals surface area contributed by atoms with Crippen LogP contribution in [0.5, 0.6) is 0 Å². The summed E-state index contributed by atoms with van der Waals surface area (Å²) in [5.41, 5.74) is 0.771. The molecule has 7 nitrogen and oxygen atoms in total. The topological polar surface area (TPSA) is 84.3 Å². The van der Waals surface area contributed by atoms with Gasteiger partial charge in [-0.15, -0.1) is 0 Å². The summed E-state index contributed by atoms with van der Waals surface area (Å²) in [5.74, 6) is 0.514. The van der Waals surface area contributed by atoms with Crippen LogP contribution in [0, 0.1) is 6.92 Å². The molecule has 23 heavy (non-hydrogen) atoms. The minimum absolute atomic E-state index is 0.0249. The molecule has 2 heterocycles. The SMILES string of the molecule is Cc1nc(S(=O)(=O)N[C@@H]2CC(=O)N(c3ccccc3)C2)cn1C. The van der Waals surface area contributed by atoms with Gasteiger partial charge in [0.05, 0.1) is 0 Å². The number of sulfonamides is 1. The molecule has 0 unspecified atom stereocenters. The fraction of sp³-hybridized carbons (Fsp3) is 0.333. The Morgan fingerprint density at radius 1 is 1.26 bits per heavy atom. The van der Waals surface area contributed by atoms with Gasteiger partial charge >= 0.3 is 0 Å². The van der Waals surface area contributed by atoms with Gasteiger partial charge in [-0.1, -0.05) is 18.2 Å². The third kappa shape index (κ3) is 3.13. The van der Waals surface area contributed by atoms with Crippen LogP contribution in [0.4, 0.5) is 5.69 Å². The third-order valence-electron chi connectivity index (χ3n) is 3.88. The fourth-order valence-corrected chi connectivity index (χ4v) is 3.85. The predicted octanol–water partition coefficient (Wildman–Crippen LogP) is 0.812. The maximum Gasteiger partial charge on any atom is 0.259 e. The molecule has 1 aromatic carbocycles. The summed E-state index contributed by atoms with van der Waals surface area (Å²) in [4.78, 5) is 17.8. The van der Waals surface area contributed by atoms with Crippen LogP contribution in [0.15, 0.2) is 41.6 Å². The van der Waals surface area contributed by atoms with Crippen LogP contribution in [-0.2, 0) is 21.9 Å². The van der Waals surface area contributed by atoms with Gasteiger partial charge in [0, 0.05) is 37.9 Å². The van der Waals surface area contributed by atoms with E-state index in [0.717, 1.165) is 5.69 Å². The van der Waals surface area contributed by atoms with Crippen molar-refractivity contribution in [3.63, 3.8) is 0 Å². The van der Waals surface area contributed by atoms with Crippen LogP contribution in [0.3, 0.4) is 0 Å². The molecule has 1 amide bonds. The van der Waals surface area contributed by atoms with Crippen molar-refractivity contribution in [2.24, 2.45) is 7.05 Å². The summed E-state index contributed by atoms with van der Waals surface area (Å²) >= 11 is 0. The van der Waals surface area contributed by atoms with Crippen LogP contribution in [0.2, 0.25) is 0 Å². The Bertz CT molecular complexity index is 810. The van der Waals surface area contributed by atoms with Gasteiger partial charge in [-0.2, -0.15) is 0 Å². The Morgan fingerprint density at radius 3 is 2.57 bits per heavy atom. The molecule has 0 aliphatic carbocycles. The Labute approximate surface area is 135 Å². The lowest BCUT2D eigenvalue weighted by molar-refractivity contribution is -0.117. The number of carbonyl (C=O) groups excluding carboxylic acids is 1. The van der Waals surface area contributed by atoms with Crippen molar-refractivity contribution in [3.8, 4) is 0 Å². The van der Waals surface area contributed by atoms with E-state index in [0.29, 0.717) is 12.4 Å². The standard InChI is InChI=1S/C15H18N4O3S/c1-11-16-14(10-18(11)2)23(21,22)17-12-8-15(20)19(9-12)13-6-4-3-5-7-13/h3-7,10,12,17H,8-9H2,1-2H3/t12-/m1/s1. The normalized spacial score (nSPS) is 18.6. The highest BCUT2D eigenvalue weighted by Gasteiger charge is 2.34. The van der Waals surface area contributed by atoms with Crippen LogP contribution >= 0.6 is 0 Å². The molecule has 1 aliphatic rings. The van der Waals surface area contributed by atoms with E-state index in [9.17, 15) is 13.2 Å². The number of aryl methyl sites for hydroxylation is 2. The van der Waals surface area contributed by atoms with Gasteiger partial charge in [0.2, 0.25) is 5.91 Å². The molecule has 1 atom stereocenters. The summed E-state index contributed by atoms with van der Waals surface area (Å²) in [6.07, 6.45) is 1.60. The average Bonchev–Trinajstić information content (AvgIpc) is 3.03. The lowest BCUT2D eigenvalue weighted by Gasteiger charge is -2.16. The van der Waals surface area contributed by atoms with Crippen molar-refractivity contribution < 1.29 is 13.2 Å². The second-order valence-electron chi connectivity index (χ2n) is 5.60. The number of para-hydroxylation sites is 1. The lowest BCUT2D eigenvalue weighted by atomic mass is 10.3. The Hall–Kier alpha value is -2.19. The van der Waals surface area contributed by atoms with Crippen molar-refractivity contribution in [3.05, 3.63) is 42.4 Å². The first kappa shape index (κ1) is 15.7. The molecule has 1 aromatic heterocycles. The first-order chi connectivity index (χ1) is 10.9. The first-order valence-corrected chi connectivity index (χ1v) is 8.73. The zero-order valence-corrected chi connectivity index (χ0v) is 13.7. The third-order valence-corrected chi connectivity index (χ3v) is 5.27. The second kappa shape index (κ2) is 5.78. The van der Waals surface area contributed by atoms with Gasteiger partial charge in [0.1, 0.15) is 5.82 Å². The van der Waals surface area contributed by atoms with Crippen molar-refractivity contribution in [2.75, 3.05) is 11.4 Å². The molecule has 2 aromatic rings. The molecule has 0 spiro atoms. The number of imidazole rings is 1. The maximum absolute atomic E-state index is 12.4. The molecular weight excluding hydrogens is 316 g/mol. The van der Waals surface area contributed by atoms with Crippen LogP contribution < -0.4 is 9.62 Å². The number of aromatic nitrogens is 2. The minimum Gasteiger partial charge on any atom is -0.337 e. The highest BCUT2D eigenvalue weighted by molar-refractivity contribution is 7.89. The summed E-state index contributed by atoms with van der Waals surface area (Å²) in [7, 11) is -2.00. The van der Waals surface area contributed by atoms with Gasteiger partial charge in [0.15, 0.2) is 5.03 Å². The molecular formula is C15H18N4O3S. The number of benzene rings is 1. The number of hydrogen-bond acceptors (Lipinski definition) is 4. The van der Waals surface area contributed by atoms with Crippen LogP contribution in [0.25, 0.3) is 0 Å². The number of amides is 1. The zero-order chi connectivity index (χ0) is 16.6. The van der Waals surface area contributed by atoms with Crippen molar-refractivity contribution in [1.29, 1.82) is 0 Å².